The number of hydrogen-bond donors (Lipinski definition) is 1. The highest BCUT2D eigenvalue weighted by Crippen LogP contribution is 2.27. The van der Waals surface area contributed by atoms with Gasteiger partial charge >= 0.3 is 5.97 Å². The molecule has 0 aliphatic rings. The minimum atomic E-state index is -0.702. The molecule has 0 aliphatic heterocycles. The summed E-state index contributed by atoms with van der Waals surface area (Å²) in [6.07, 6.45) is 19.3. The average Bonchev–Trinajstić information content (AvgIpc) is 2.82. The monoisotopic (exact) mass is 436 g/mol. The van der Waals surface area contributed by atoms with Crippen LogP contribution in [-0.4, -0.2) is 11.1 Å². The van der Waals surface area contributed by atoms with Gasteiger partial charge in [0.2, 0.25) is 0 Å². The van der Waals surface area contributed by atoms with E-state index in [2.05, 4.69) is 19.1 Å². The first-order chi connectivity index (χ1) is 15.7. The van der Waals surface area contributed by atoms with E-state index in [1.807, 2.05) is 42.5 Å². The minimum absolute atomic E-state index is 0.392. The van der Waals surface area contributed by atoms with Crippen molar-refractivity contribution in [2.24, 2.45) is 0 Å². The van der Waals surface area contributed by atoms with Gasteiger partial charge in [-0.25, -0.2) is 0 Å². The number of hydrogen-bond acceptors (Lipinski definition) is 1. The van der Waals surface area contributed by atoms with E-state index in [0.717, 1.165) is 36.0 Å². The first-order valence-electron chi connectivity index (χ1n) is 13.1. The van der Waals surface area contributed by atoms with Gasteiger partial charge in [-0.15, -0.1) is 0 Å². The summed E-state index contributed by atoms with van der Waals surface area (Å²) in [5.74, 6) is -1.09. The summed E-state index contributed by atoms with van der Waals surface area (Å²) in [7, 11) is 0. The third-order valence-electron chi connectivity index (χ3n) is 6.56. The van der Waals surface area contributed by atoms with Crippen molar-refractivity contribution in [2.45, 2.75) is 109 Å². The molecule has 1 unspecified atom stereocenters. The fourth-order valence-electron chi connectivity index (χ4n) is 4.51. The lowest BCUT2D eigenvalue weighted by Gasteiger charge is -2.13. The third kappa shape index (κ3) is 10.5. The molecule has 2 aromatic rings. The van der Waals surface area contributed by atoms with Crippen molar-refractivity contribution in [3.63, 3.8) is 0 Å². The molecule has 0 aliphatic carbocycles. The molecular weight excluding hydrogens is 392 g/mol. The molecule has 1 atom stereocenters. The van der Waals surface area contributed by atoms with Crippen molar-refractivity contribution >= 4 is 5.97 Å². The van der Waals surface area contributed by atoms with Crippen LogP contribution in [0, 0.1) is 0 Å². The Hall–Kier alpha value is -2.09. The van der Waals surface area contributed by atoms with Crippen molar-refractivity contribution in [2.75, 3.05) is 0 Å². The highest BCUT2D eigenvalue weighted by Gasteiger charge is 2.19. The number of benzene rings is 2. The zero-order valence-corrected chi connectivity index (χ0v) is 20.2. The van der Waals surface area contributed by atoms with E-state index in [1.165, 1.54) is 77.0 Å². The van der Waals surface area contributed by atoms with Crippen molar-refractivity contribution < 1.29 is 9.90 Å². The van der Waals surface area contributed by atoms with E-state index < -0.39 is 11.9 Å². The maximum absolute atomic E-state index is 11.8. The molecule has 0 aromatic heterocycles. The van der Waals surface area contributed by atoms with Crippen LogP contribution in [0.15, 0.2) is 54.6 Å². The summed E-state index contributed by atoms with van der Waals surface area (Å²) >= 11 is 0. The van der Waals surface area contributed by atoms with Gasteiger partial charge in [0.05, 0.1) is 5.92 Å². The van der Waals surface area contributed by atoms with Gasteiger partial charge in [0.25, 0.3) is 0 Å². The van der Waals surface area contributed by atoms with Crippen LogP contribution >= 0.6 is 0 Å². The summed E-state index contributed by atoms with van der Waals surface area (Å²) in [5.41, 5.74) is 3.22. The number of carboxylic acids is 1. The maximum Gasteiger partial charge on any atom is 0.310 e. The number of carbonyl (C=O) groups is 1. The summed E-state index contributed by atoms with van der Waals surface area (Å²) < 4.78 is 0. The van der Waals surface area contributed by atoms with E-state index in [0.29, 0.717) is 0 Å². The molecule has 0 heterocycles. The van der Waals surface area contributed by atoms with Gasteiger partial charge < -0.3 is 5.11 Å². The van der Waals surface area contributed by atoms with E-state index in [4.69, 9.17) is 0 Å². The Morgan fingerprint density at radius 2 is 1.06 bits per heavy atom. The Morgan fingerprint density at radius 1 is 0.625 bits per heavy atom. The predicted molar refractivity (Wildman–Crippen MR) is 137 cm³/mol. The first-order valence-corrected chi connectivity index (χ1v) is 13.1. The Kier molecular flexibility index (Phi) is 13.5. The van der Waals surface area contributed by atoms with Crippen LogP contribution < -0.4 is 0 Å². The van der Waals surface area contributed by atoms with E-state index in [9.17, 15) is 9.90 Å². The second-order valence-corrected chi connectivity index (χ2v) is 9.26. The molecule has 2 rings (SSSR count). The van der Waals surface area contributed by atoms with E-state index >= 15 is 0 Å². The molecule has 2 heteroatoms. The summed E-state index contributed by atoms with van der Waals surface area (Å²) in [4.78, 5) is 11.8. The summed E-state index contributed by atoms with van der Waals surface area (Å²) in [6, 6.07) is 18.3. The summed E-state index contributed by atoms with van der Waals surface area (Å²) in [5, 5.41) is 9.72. The van der Waals surface area contributed by atoms with Gasteiger partial charge in [-0.1, -0.05) is 151 Å². The molecule has 2 nitrogen and oxygen atoms in total. The SMILES string of the molecule is CCCCCCCCCCCCCCCCC(C(=O)O)c1ccc(-c2ccccc2)cc1. The highest BCUT2D eigenvalue weighted by atomic mass is 16.4. The normalized spacial score (nSPS) is 12.0. The smallest absolute Gasteiger partial charge is 0.310 e. The summed E-state index contributed by atoms with van der Waals surface area (Å²) in [6.45, 7) is 2.27. The van der Waals surface area contributed by atoms with Crippen LogP contribution in [-0.2, 0) is 4.79 Å². The van der Waals surface area contributed by atoms with Crippen LogP contribution in [0.5, 0.6) is 0 Å². The van der Waals surface area contributed by atoms with Gasteiger partial charge in [-0.05, 0) is 23.1 Å². The largest absolute Gasteiger partial charge is 0.481 e. The molecule has 0 radical (unpaired) electrons. The number of unbranched alkanes of at least 4 members (excludes halogenated alkanes) is 13. The van der Waals surface area contributed by atoms with Crippen LogP contribution in [0.2, 0.25) is 0 Å². The molecule has 176 valence electrons. The zero-order chi connectivity index (χ0) is 22.9. The second kappa shape index (κ2) is 16.5. The molecule has 1 N–H and O–H groups in total. The first kappa shape index (κ1) is 26.2. The standard InChI is InChI=1S/C30H44O2/c1-2-3-4-5-6-7-8-9-10-11-12-13-14-18-21-29(30(31)32)28-24-22-27(23-25-28)26-19-16-15-17-20-26/h15-17,19-20,22-25,29H,2-14,18,21H2,1H3,(H,31,32). The van der Waals surface area contributed by atoms with Crippen LogP contribution in [0.3, 0.4) is 0 Å². The van der Waals surface area contributed by atoms with Crippen molar-refractivity contribution in [1.29, 1.82) is 0 Å². The van der Waals surface area contributed by atoms with Gasteiger partial charge in [0.15, 0.2) is 0 Å². The molecular formula is C30H44O2. The lowest BCUT2D eigenvalue weighted by atomic mass is 9.91. The topological polar surface area (TPSA) is 37.3 Å². The maximum atomic E-state index is 11.8. The molecule has 32 heavy (non-hydrogen) atoms. The van der Waals surface area contributed by atoms with Gasteiger partial charge in [-0.2, -0.15) is 0 Å². The van der Waals surface area contributed by atoms with Gasteiger partial charge in [0.1, 0.15) is 0 Å². The lowest BCUT2D eigenvalue weighted by Crippen LogP contribution is -2.11. The molecule has 0 spiro atoms. The van der Waals surface area contributed by atoms with Crippen LogP contribution in [0.4, 0.5) is 0 Å². The molecule has 0 amide bonds. The molecule has 0 bridgehead atoms. The van der Waals surface area contributed by atoms with Crippen molar-refractivity contribution in [1.82, 2.24) is 0 Å². The Labute approximate surface area is 196 Å². The Morgan fingerprint density at radius 3 is 1.53 bits per heavy atom. The van der Waals surface area contributed by atoms with Gasteiger partial charge in [0, 0.05) is 0 Å². The van der Waals surface area contributed by atoms with Crippen molar-refractivity contribution in [3.05, 3.63) is 60.2 Å². The van der Waals surface area contributed by atoms with Crippen LogP contribution in [0.1, 0.15) is 115 Å². The molecule has 0 saturated heterocycles. The fourth-order valence-corrected chi connectivity index (χ4v) is 4.51. The van der Waals surface area contributed by atoms with Crippen molar-refractivity contribution in [3.8, 4) is 11.1 Å². The Balaban J connectivity index is 1.56. The zero-order valence-electron chi connectivity index (χ0n) is 20.2. The third-order valence-corrected chi connectivity index (χ3v) is 6.56. The average molecular weight is 437 g/mol. The second-order valence-electron chi connectivity index (χ2n) is 9.26. The minimum Gasteiger partial charge on any atom is -0.481 e. The van der Waals surface area contributed by atoms with Crippen LogP contribution in [0.25, 0.3) is 11.1 Å². The molecule has 2 aromatic carbocycles. The quantitative estimate of drug-likeness (QED) is 0.236. The fraction of sp³-hybridized carbons (Fsp3) is 0.567. The number of rotatable bonds is 18. The highest BCUT2D eigenvalue weighted by molar-refractivity contribution is 5.76. The predicted octanol–water partition coefficient (Wildman–Crippen LogP) is 9.39. The molecule has 0 fully saturated rings. The number of carboxylic acid groups (broad SMARTS) is 1. The van der Waals surface area contributed by atoms with E-state index in [1.54, 1.807) is 0 Å². The van der Waals surface area contributed by atoms with E-state index in [-0.39, 0.29) is 0 Å². The molecule has 0 saturated carbocycles. The number of aliphatic carboxylic acids is 1. The lowest BCUT2D eigenvalue weighted by molar-refractivity contribution is -0.139. The Bertz CT molecular complexity index is 720. The van der Waals surface area contributed by atoms with Gasteiger partial charge in [-0.3, -0.25) is 4.79 Å².